The monoisotopic (exact) mass is 297 g/mol. The Labute approximate surface area is 127 Å². The van der Waals surface area contributed by atoms with Gasteiger partial charge in [-0.05, 0) is 12.1 Å². The first kappa shape index (κ1) is 13.2. The number of nitrogens with one attached hydrogen (secondary N) is 1. The quantitative estimate of drug-likeness (QED) is 0.785. The second kappa shape index (κ2) is 5.38. The minimum atomic E-state index is -0.246. The number of hydrogen-bond donors (Lipinski definition) is 1. The van der Waals surface area contributed by atoms with Crippen LogP contribution in [0.4, 0.5) is 10.2 Å². The molecule has 1 aliphatic heterocycles. The van der Waals surface area contributed by atoms with Gasteiger partial charge in [0, 0.05) is 44.1 Å². The molecule has 1 aromatic carbocycles. The molecule has 0 atom stereocenters. The maximum Gasteiger partial charge on any atom is 0.180 e. The highest BCUT2D eigenvalue weighted by Gasteiger charge is 2.17. The predicted molar refractivity (Wildman–Crippen MR) is 83.5 cm³/mol. The minimum absolute atomic E-state index is 0.246. The Bertz CT molecular complexity index is 807. The number of hydrogen-bond acceptors (Lipinski definition) is 4. The number of imidazole rings is 1. The summed E-state index contributed by atoms with van der Waals surface area (Å²) in [5.41, 5.74) is 2.49. The van der Waals surface area contributed by atoms with Crippen molar-refractivity contribution in [2.45, 2.75) is 0 Å². The number of halogens is 1. The average molecular weight is 297 g/mol. The van der Waals surface area contributed by atoms with Crippen LogP contribution in [0.5, 0.6) is 0 Å². The summed E-state index contributed by atoms with van der Waals surface area (Å²) < 4.78 is 15.4. The summed E-state index contributed by atoms with van der Waals surface area (Å²) in [5, 5.41) is 3.33. The van der Waals surface area contributed by atoms with Gasteiger partial charge in [0.05, 0.1) is 11.9 Å². The van der Waals surface area contributed by atoms with Gasteiger partial charge < -0.3 is 10.2 Å². The molecule has 1 N–H and O–H groups in total. The van der Waals surface area contributed by atoms with Crippen molar-refractivity contribution in [2.24, 2.45) is 0 Å². The number of piperazine rings is 1. The molecule has 4 rings (SSSR count). The molecule has 112 valence electrons. The number of aromatic nitrogens is 3. The molecule has 0 aliphatic carbocycles. The first-order valence-corrected chi connectivity index (χ1v) is 7.36. The lowest BCUT2D eigenvalue weighted by Gasteiger charge is -2.28. The highest BCUT2D eigenvalue weighted by atomic mass is 19.1. The van der Waals surface area contributed by atoms with Crippen molar-refractivity contribution in [3.8, 4) is 11.3 Å². The lowest BCUT2D eigenvalue weighted by molar-refractivity contribution is 0.585. The summed E-state index contributed by atoms with van der Waals surface area (Å²) >= 11 is 0. The fourth-order valence-corrected chi connectivity index (χ4v) is 2.87. The van der Waals surface area contributed by atoms with Crippen LogP contribution >= 0.6 is 0 Å². The van der Waals surface area contributed by atoms with Gasteiger partial charge >= 0.3 is 0 Å². The van der Waals surface area contributed by atoms with Crippen molar-refractivity contribution >= 4 is 11.5 Å². The predicted octanol–water partition coefficient (Wildman–Crippen LogP) is 1.94. The first-order chi connectivity index (χ1) is 10.8. The van der Waals surface area contributed by atoms with E-state index in [-0.39, 0.29) is 5.82 Å². The molecule has 0 unspecified atom stereocenters. The van der Waals surface area contributed by atoms with E-state index in [1.54, 1.807) is 18.5 Å². The van der Waals surface area contributed by atoms with E-state index < -0.39 is 0 Å². The topological polar surface area (TPSA) is 45.5 Å². The Morgan fingerprint density at radius 1 is 1.14 bits per heavy atom. The van der Waals surface area contributed by atoms with Gasteiger partial charge in [-0.2, -0.15) is 0 Å². The lowest BCUT2D eigenvalue weighted by Crippen LogP contribution is -2.44. The van der Waals surface area contributed by atoms with E-state index in [0.717, 1.165) is 48.9 Å². The van der Waals surface area contributed by atoms with Crippen molar-refractivity contribution in [3.63, 3.8) is 0 Å². The molecule has 22 heavy (non-hydrogen) atoms. The van der Waals surface area contributed by atoms with Crippen LogP contribution in [0.15, 0.2) is 42.9 Å². The Kier molecular flexibility index (Phi) is 3.23. The van der Waals surface area contributed by atoms with Crippen LogP contribution in [0, 0.1) is 5.82 Å². The Morgan fingerprint density at radius 3 is 2.82 bits per heavy atom. The highest BCUT2D eigenvalue weighted by molar-refractivity contribution is 5.71. The Hall–Kier alpha value is -2.47. The molecule has 2 aromatic heterocycles. The molecule has 1 saturated heterocycles. The lowest BCUT2D eigenvalue weighted by atomic mass is 10.1. The molecule has 0 bridgehead atoms. The number of rotatable bonds is 2. The maximum atomic E-state index is 13.5. The zero-order valence-electron chi connectivity index (χ0n) is 12.0. The molecule has 5 nitrogen and oxygen atoms in total. The van der Waals surface area contributed by atoms with Crippen LogP contribution in [0.3, 0.4) is 0 Å². The zero-order valence-corrected chi connectivity index (χ0v) is 12.0. The maximum absolute atomic E-state index is 13.5. The van der Waals surface area contributed by atoms with Crippen molar-refractivity contribution in [1.82, 2.24) is 19.7 Å². The standard InChI is InChI=1S/C16H16FN5/c17-13-3-1-2-12(10-13)14-11-20-16-15(19-6-9-22(14)16)21-7-4-18-5-8-21/h1-3,6,9-11,18H,4-5,7-8H2. The second-order valence-corrected chi connectivity index (χ2v) is 5.34. The summed E-state index contributed by atoms with van der Waals surface area (Å²) in [5.74, 6) is 0.635. The van der Waals surface area contributed by atoms with Crippen LogP contribution < -0.4 is 10.2 Å². The van der Waals surface area contributed by atoms with Crippen LogP contribution in [0.1, 0.15) is 0 Å². The number of nitrogens with zero attached hydrogens (tertiary/aromatic N) is 4. The molecule has 0 spiro atoms. The Balaban J connectivity index is 1.83. The fraction of sp³-hybridized carbons (Fsp3) is 0.250. The third-order valence-electron chi connectivity index (χ3n) is 3.95. The van der Waals surface area contributed by atoms with Gasteiger partial charge in [0.25, 0.3) is 0 Å². The fourth-order valence-electron chi connectivity index (χ4n) is 2.87. The molecule has 0 amide bonds. The minimum Gasteiger partial charge on any atom is -0.351 e. The molecule has 0 radical (unpaired) electrons. The van der Waals surface area contributed by atoms with Crippen LogP contribution in [-0.4, -0.2) is 40.5 Å². The molecule has 3 heterocycles. The molecular weight excluding hydrogens is 281 g/mol. The third-order valence-corrected chi connectivity index (χ3v) is 3.95. The van der Waals surface area contributed by atoms with E-state index in [1.165, 1.54) is 12.1 Å². The zero-order chi connectivity index (χ0) is 14.9. The molecule has 6 heteroatoms. The molecule has 3 aromatic rings. The van der Waals surface area contributed by atoms with E-state index in [2.05, 4.69) is 20.2 Å². The molecule has 1 fully saturated rings. The molecule has 0 saturated carbocycles. The average Bonchev–Trinajstić information content (AvgIpc) is 3.00. The van der Waals surface area contributed by atoms with E-state index in [4.69, 9.17) is 0 Å². The van der Waals surface area contributed by atoms with Crippen molar-refractivity contribution < 1.29 is 4.39 Å². The normalized spacial score (nSPS) is 15.4. The van der Waals surface area contributed by atoms with E-state index >= 15 is 0 Å². The van der Waals surface area contributed by atoms with Gasteiger partial charge in [0.15, 0.2) is 11.5 Å². The number of anilines is 1. The summed E-state index contributed by atoms with van der Waals surface area (Å²) in [4.78, 5) is 11.2. The molecular formula is C16H16FN5. The van der Waals surface area contributed by atoms with Crippen molar-refractivity contribution in [1.29, 1.82) is 0 Å². The summed E-state index contributed by atoms with van der Waals surface area (Å²) in [6.45, 7) is 3.71. The highest BCUT2D eigenvalue weighted by Crippen LogP contribution is 2.25. The van der Waals surface area contributed by atoms with Gasteiger partial charge in [-0.15, -0.1) is 0 Å². The smallest absolute Gasteiger partial charge is 0.180 e. The second-order valence-electron chi connectivity index (χ2n) is 5.34. The van der Waals surface area contributed by atoms with Crippen LogP contribution in [0.2, 0.25) is 0 Å². The van der Waals surface area contributed by atoms with Gasteiger partial charge in [0.2, 0.25) is 0 Å². The number of benzene rings is 1. The SMILES string of the molecule is Fc1cccc(-c2cnc3c(N4CCNCC4)nccn23)c1. The van der Waals surface area contributed by atoms with Crippen LogP contribution in [0.25, 0.3) is 16.9 Å². The Morgan fingerprint density at radius 2 is 2.00 bits per heavy atom. The van der Waals surface area contributed by atoms with Crippen LogP contribution in [-0.2, 0) is 0 Å². The van der Waals surface area contributed by atoms with Gasteiger partial charge in [0.1, 0.15) is 5.82 Å². The summed E-state index contributed by atoms with van der Waals surface area (Å²) in [7, 11) is 0. The largest absolute Gasteiger partial charge is 0.351 e. The summed E-state index contributed by atoms with van der Waals surface area (Å²) in [6, 6.07) is 6.56. The van der Waals surface area contributed by atoms with E-state index in [9.17, 15) is 4.39 Å². The molecule has 1 aliphatic rings. The number of fused-ring (bicyclic) bond motifs is 1. The van der Waals surface area contributed by atoms with Gasteiger partial charge in [-0.1, -0.05) is 12.1 Å². The van der Waals surface area contributed by atoms with Crippen molar-refractivity contribution in [3.05, 3.63) is 48.7 Å². The van der Waals surface area contributed by atoms with E-state index in [1.807, 2.05) is 16.7 Å². The van der Waals surface area contributed by atoms with Crippen molar-refractivity contribution in [2.75, 3.05) is 31.1 Å². The first-order valence-electron chi connectivity index (χ1n) is 7.36. The third kappa shape index (κ3) is 2.21. The van der Waals surface area contributed by atoms with Gasteiger partial charge in [-0.3, -0.25) is 4.40 Å². The summed E-state index contributed by atoms with van der Waals surface area (Å²) in [6.07, 6.45) is 5.42. The van der Waals surface area contributed by atoms with E-state index in [0.29, 0.717) is 0 Å². The van der Waals surface area contributed by atoms with Gasteiger partial charge in [-0.25, -0.2) is 14.4 Å².